The zero-order valence-electron chi connectivity index (χ0n) is 10.7. The first-order valence-corrected chi connectivity index (χ1v) is 6.52. The highest BCUT2D eigenvalue weighted by molar-refractivity contribution is 5.40. The van der Waals surface area contributed by atoms with Crippen LogP contribution in [-0.4, -0.2) is 11.2 Å². The van der Waals surface area contributed by atoms with E-state index in [0.29, 0.717) is 11.8 Å². The molecule has 0 unspecified atom stereocenters. The zero-order chi connectivity index (χ0) is 11.6. The Balaban J connectivity index is 2.00. The SMILES string of the molecule is C=C1CCC=C1[C@H]1[C@@H]2CC[C@@]1(C)OC2(C)C. The molecule has 0 spiro atoms. The van der Waals surface area contributed by atoms with E-state index in [-0.39, 0.29) is 11.2 Å². The summed E-state index contributed by atoms with van der Waals surface area (Å²) in [6.07, 6.45) is 7.30. The third-order valence-electron chi connectivity index (χ3n) is 4.95. The fraction of sp³-hybridized carbons (Fsp3) is 0.733. The Morgan fingerprint density at radius 2 is 2.12 bits per heavy atom. The van der Waals surface area contributed by atoms with Gasteiger partial charge in [0.15, 0.2) is 0 Å². The van der Waals surface area contributed by atoms with Crippen LogP contribution in [0.25, 0.3) is 0 Å². The van der Waals surface area contributed by atoms with Gasteiger partial charge in [-0.2, -0.15) is 0 Å². The van der Waals surface area contributed by atoms with E-state index in [1.165, 1.54) is 30.4 Å². The molecule has 0 aromatic heterocycles. The van der Waals surface area contributed by atoms with Crippen LogP contribution < -0.4 is 0 Å². The molecule has 1 heterocycles. The summed E-state index contributed by atoms with van der Waals surface area (Å²) in [4.78, 5) is 0. The highest BCUT2D eigenvalue weighted by Crippen LogP contribution is 2.61. The Morgan fingerprint density at radius 1 is 1.38 bits per heavy atom. The fourth-order valence-electron chi connectivity index (χ4n) is 4.31. The molecule has 1 nitrogen and oxygen atoms in total. The molecule has 1 heteroatoms. The van der Waals surface area contributed by atoms with Crippen LogP contribution in [0.2, 0.25) is 0 Å². The average molecular weight is 218 g/mol. The smallest absolute Gasteiger partial charge is 0.0734 e. The predicted molar refractivity (Wildman–Crippen MR) is 66.2 cm³/mol. The summed E-state index contributed by atoms with van der Waals surface area (Å²) >= 11 is 0. The highest BCUT2D eigenvalue weighted by atomic mass is 16.5. The lowest BCUT2D eigenvalue weighted by Crippen LogP contribution is -2.35. The maximum absolute atomic E-state index is 6.33. The van der Waals surface area contributed by atoms with Crippen molar-refractivity contribution < 1.29 is 4.74 Å². The van der Waals surface area contributed by atoms with Gasteiger partial charge >= 0.3 is 0 Å². The largest absolute Gasteiger partial charge is 0.368 e. The molecule has 2 bridgehead atoms. The van der Waals surface area contributed by atoms with Crippen molar-refractivity contribution in [2.45, 2.75) is 57.7 Å². The van der Waals surface area contributed by atoms with Crippen LogP contribution in [0.4, 0.5) is 0 Å². The van der Waals surface area contributed by atoms with Gasteiger partial charge in [-0.15, -0.1) is 0 Å². The third-order valence-corrected chi connectivity index (χ3v) is 4.95. The number of allylic oxidation sites excluding steroid dienone is 2. The Labute approximate surface area is 98.6 Å². The predicted octanol–water partition coefficient (Wildman–Crippen LogP) is 3.86. The van der Waals surface area contributed by atoms with Crippen molar-refractivity contribution in [2.75, 3.05) is 0 Å². The lowest BCUT2D eigenvalue weighted by atomic mass is 9.77. The van der Waals surface area contributed by atoms with Crippen molar-refractivity contribution >= 4 is 0 Å². The van der Waals surface area contributed by atoms with Crippen LogP contribution >= 0.6 is 0 Å². The monoisotopic (exact) mass is 218 g/mol. The molecule has 3 aliphatic rings. The second kappa shape index (κ2) is 3.01. The normalized spacial score (nSPS) is 45.2. The number of fused-ring (bicyclic) bond motifs is 2. The van der Waals surface area contributed by atoms with Crippen LogP contribution in [0.5, 0.6) is 0 Å². The van der Waals surface area contributed by atoms with E-state index in [1.54, 1.807) is 0 Å². The van der Waals surface area contributed by atoms with Gasteiger partial charge in [0.05, 0.1) is 11.2 Å². The molecule has 1 aliphatic heterocycles. The van der Waals surface area contributed by atoms with Crippen LogP contribution in [0.3, 0.4) is 0 Å². The van der Waals surface area contributed by atoms with Crippen molar-refractivity contribution in [3.8, 4) is 0 Å². The highest BCUT2D eigenvalue weighted by Gasteiger charge is 2.61. The van der Waals surface area contributed by atoms with Crippen molar-refractivity contribution in [1.82, 2.24) is 0 Å². The summed E-state index contributed by atoms with van der Waals surface area (Å²) in [7, 11) is 0. The molecule has 3 atom stereocenters. The molecule has 1 saturated carbocycles. The molecular formula is C15H22O. The van der Waals surface area contributed by atoms with Crippen LogP contribution in [0.1, 0.15) is 46.5 Å². The molecule has 2 aliphatic carbocycles. The fourth-order valence-corrected chi connectivity index (χ4v) is 4.31. The number of ether oxygens (including phenoxy) is 1. The summed E-state index contributed by atoms with van der Waals surface area (Å²) in [6, 6.07) is 0. The van der Waals surface area contributed by atoms with Gasteiger partial charge in [0.1, 0.15) is 0 Å². The maximum atomic E-state index is 6.33. The van der Waals surface area contributed by atoms with Crippen LogP contribution in [-0.2, 0) is 4.74 Å². The summed E-state index contributed by atoms with van der Waals surface area (Å²) in [6.45, 7) is 11.1. The third kappa shape index (κ3) is 1.21. The van der Waals surface area contributed by atoms with E-state index in [1.807, 2.05) is 0 Å². The average Bonchev–Trinajstić information content (AvgIpc) is 2.73. The summed E-state index contributed by atoms with van der Waals surface area (Å²) in [5.74, 6) is 1.30. The van der Waals surface area contributed by atoms with Gasteiger partial charge < -0.3 is 4.74 Å². The minimum Gasteiger partial charge on any atom is -0.368 e. The van der Waals surface area contributed by atoms with Gasteiger partial charge in [-0.3, -0.25) is 0 Å². The summed E-state index contributed by atoms with van der Waals surface area (Å²) < 4.78 is 6.33. The second-order valence-electron chi connectivity index (χ2n) is 6.44. The molecule has 2 fully saturated rings. The van der Waals surface area contributed by atoms with E-state index < -0.39 is 0 Å². The Hall–Kier alpha value is -0.560. The molecule has 0 aromatic rings. The van der Waals surface area contributed by atoms with E-state index in [9.17, 15) is 0 Å². The Kier molecular flexibility index (Phi) is 1.99. The van der Waals surface area contributed by atoms with E-state index in [4.69, 9.17) is 4.74 Å². The lowest BCUT2D eigenvalue weighted by molar-refractivity contribution is -0.113. The molecular weight excluding hydrogens is 196 g/mol. The van der Waals surface area contributed by atoms with Gasteiger partial charge in [0.2, 0.25) is 0 Å². The minimum absolute atomic E-state index is 0.0569. The van der Waals surface area contributed by atoms with Crippen LogP contribution in [0, 0.1) is 11.8 Å². The van der Waals surface area contributed by atoms with Crippen LogP contribution in [0.15, 0.2) is 23.8 Å². The molecule has 88 valence electrons. The van der Waals surface area contributed by atoms with E-state index in [0.717, 1.165) is 6.42 Å². The van der Waals surface area contributed by atoms with Gasteiger partial charge in [-0.05, 0) is 57.9 Å². The van der Waals surface area contributed by atoms with Gasteiger partial charge in [-0.25, -0.2) is 0 Å². The van der Waals surface area contributed by atoms with Crippen molar-refractivity contribution in [3.63, 3.8) is 0 Å². The molecule has 16 heavy (non-hydrogen) atoms. The molecule has 0 amide bonds. The molecule has 1 saturated heterocycles. The van der Waals surface area contributed by atoms with Crippen molar-refractivity contribution in [2.24, 2.45) is 11.8 Å². The summed E-state index contributed by atoms with van der Waals surface area (Å²) in [5.41, 5.74) is 3.02. The van der Waals surface area contributed by atoms with E-state index in [2.05, 4.69) is 33.4 Å². The number of hydrogen-bond donors (Lipinski definition) is 0. The van der Waals surface area contributed by atoms with E-state index >= 15 is 0 Å². The standard InChI is InChI=1S/C15H22O/c1-10-6-5-7-11(10)13-12-8-9-15(13,4)16-14(12,2)3/h7,12-13H,1,5-6,8-9H2,2-4H3/t12-,13-,15+/m0/s1. The Morgan fingerprint density at radius 3 is 2.56 bits per heavy atom. The van der Waals surface area contributed by atoms with Crippen molar-refractivity contribution in [3.05, 3.63) is 23.8 Å². The first-order valence-electron chi connectivity index (χ1n) is 6.52. The zero-order valence-corrected chi connectivity index (χ0v) is 10.7. The lowest BCUT2D eigenvalue weighted by Gasteiger charge is -2.33. The summed E-state index contributed by atoms with van der Waals surface area (Å²) in [5, 5.41) is 0. The number of hydrogen-bond acceptors (Lipinski definition) is 1. The topological polar surface area (TPSA) is 9.23 Å². The first kappa shape index (κ1) is 10.6. The number of rotatable bonds is 1. The molecule has 0 radical (unpaired) electrons. The Bertz CT molecular complexity index is 377. The molecule has 3 rings (SSSR count). The second-order valence-corrected chi connectivity index (χ2v) is 6.44. The molecule has 0 N–H and O–H groups in total. The maximum Gasteiger partial charge on any atom is 0.0734 e. The van der Waals surface area contributed by atoms with Gasteiger partial charge in [-0.1, -0.05) is 18.2 Å². The molecule has 0 aromatic carbocycles. The first-order chi connectivity index (χ1) is 7.44. The quantitative estimate of drug-likeness (QED) is 0.649. The van der Waals surface area contributed by atoms with Crippen molar-refractivity contribution in [1.29, 1.82) is 0 Å². The van der Waals surface area contributed by atoms with Gasteiger partial charge in [0.25, 0.3) is 0 Å². The minimum atomic E-state index is 0.0569. The van der Waals surface area contributed by atoms with Gasteiger partial charge in [0, 0.05) is 5.92 Å².